The summed E-state index contributed by atoms with van der Waals surface area (Å²) in [6.07, 6.45) is -3.43. The molecule has 0 saturated carbocycles. The van der Waals surface area contributed by atoms with Crippen LogP contribution in [0.15, 0.2) is 59.8 Å². The van der Waals surface area contributed by atoms with Crippen molar-refractivity contribution in [3.63, 3.8) is 0 Å². The average molecular weight is 559 g/mol. The fraction of sp³-hybridized carbons (Fsp3) is 0.292. The average Bonchev–Trinajstić information content (AvgIpc) is 3.18. The molecule has 1 fully saturated rings. The van der Waals surface area contributed by atoms with E-state index in [2.05, 4.69) is 15.3 Å². The van der Waals surface area contributed by atoms with Gasteiger partial charge in [0.15, 0.2) is 0 Å². The molecule has 1 aliphatic heterocycles. The highest BCUT2D eigenvalue weighted by Gasteiger charge is 2.49. The summed E-state index contributed by atoms with van der Waals surface area (Å²) in [5.41, 5.74) is -1.60. The van der Waals surface area contributed by atoms with Gasteiger partial charge in [0, 0.05) is 37.5 Å². The summed E-state index contributed by atoms with van der Waals surface area (Å²) in [4.78, 5) is 19.1. The fourth-order valence-electron chi connectivity index (χ4n) is 4.07. The van der Waals surface area contributed by atoms with Crippen LogP contribution in [-0.2, 0) is 27.5 Å². The summed E-state index contributed by atoms with van der Waals surface area (Å²) in [6, 6.07) is 5.92. The maximum Gasteiger partial charge on any atom is 0.451 e. The summed E-state index contributed by atoms with van der Waals surface area (Å²) < 4.78 is 107. The SMILES string of the molecule is C[C@@]1(F)C[C@@H](C(=O)NCc2cc(F)cc(-c3cnc(C(F)(F)F)nc3)c2)N(S(=O)(=O)c2ccc(F)cc2)C1. The minimum atomic E-state index is -4.75. The Morgan fingerprint density at radius 2 is 1.68 bits per heavy atom. The second kappa shape index (κ2) is 9.98. The number of hydrogen-bond donors (Lipinski definition) is 1. The van der Waals surface area contributed by atoms with Crippen LogP contribution in [0.3, 0.4) is 0 Å². The van der Waals surface area contributed by atoms with E-state index in [1.54, 1.807) is 0 Å². The summed E-state index contributed by atoms with van der Waals surface area (Å²) in [5, 5.41) is 2.46. The number of halogens is 6. The molecule has 0 spiro atoms. The number of nitrogens with one attached hydrogen (secondary N) is 1. The number of alkyl halides is 4. The number of rotatable bonds is 6. The molecule has 202 valence electrons. The Morgan fingerprint density at radius 1 is 1.05 bits per heavy atom. The number of carbonyl (C=O) groups is 1. The van der Waals surface area contributed by atoms with Crippen molar-refractivity contribution in [1.82, 2.24) is 19.6 Å². The van der Waals surface area contributed by atoms with Gasteiger partial charge in [-0.05, 0) is 60.5 Å². The van der Waals surface area contributed by atoms with Crippen LogP contribution in [-0.4, -0.2) is 46.9 Å². The van der Waals surface area contributed by atoms with Crippen molar-refractivity contribution in [2.45, 2.75) is 42.7 Å². The molecule has 14 heteroatoms. The molecule has 7 nitrogen and oxygen atoms in total. The van der Waals surface area contributed by atoms with E-state index in [1.807, 2.05) is 0 Å². The Hall–Kier alpha value is -3.52. The smallest absolute Gasteiger partial charge is 0.351 e. The maximum absolute atomic E-state index is 14.9. The lowest BCUT2D eigenvalue weighted by Crippen LogP contribution is -2.45. The van der Waals surface area contributed by atoms with Crippen LogP contribution in [0.2, 0.25) is 0 Å². The van der Waals surface area contributed by atoms with E-state index in [9.17, 15) is 39.6 Å². The Labute approximate surface area is 213 Å². The number of benzene rings is 2. The standard InChI is InChI=1S/C24H20F6N4O3S/c1-23(27)9-20(34(13-23)38(36,37)19-4-2-17(25)3-5-19)21(35)31-10-14-6-15(8-18(26)7-14)16-11-32-22(33-12-16)24(28,29)30/h2-8,11-12,20H,9-10,13H2,1H3,(H,31,35)/t20-,23+/m0/s1. The largest absolute Gasteiger partial charge is 0.451 e. The van der Waals surface area contributed by atoms with Crippen LogP contribution >= 0.6 is 0 Å². The lowest BCUT2D eigenvalue weighted by Gasteiger charge is -2.23. The maximum atomic E-state index is 14.9. The molecule has 0 radical (unpaired) electrons. The van der Waals surface area contributed by atoms with Crippen molar-refractivity contribution in [1.29, 1.82) is 0 Å². The van der Waals surface area contributed by atoms with E-state index < -0.39 is 64.2 Å². The first kappa shape index (κ1) is 27.5. The Kier molecular flexibility index (Phi) is 7.23. The van der Waals surface area contributed by atoms with Crippen molar-refractivity contribution in [3.05, 3.63) is 77.9 Å². The van der Waals surface area contributed by atoms with Crippen LogP contribution in [0, 0.1) is 11.6 Å². The van der Waals surface area contributed by atoms with E-state index in [0.717, 1.165) is 55.7 Å². The molecule has 0 unspecified atom stereocenters. The van der Waals surface area contributed by atoms with Gasteiger partial charge in [-0.15, -0.1) is 0 Å². The highest BCUT2D eigenvalue weighted by molar-refractivity contribution is 7.89. The second-order valence-electron chi connectivity index (χ2n) is 9.00. The molecule has 2 heterocycles. The Bertz CT molecular complexity index is 1450. The molecule has 3 aromatic rings. The lowest BCUT2D eigenvalue weighted by atomic mass is 10.0. The molecule has 38 heavy (non-hydrogen) atoms. The third-order valence-electron chi connectivity index (χ3n) is 5.84. The van der Waals surface area contributed by atoms with E-state index in [4.69, 9.17) is 0 Å². The lowest BCUT2D eigenvalue weighted by molar-refractivity contribution is -0.145. The molecule has 1 aromatic heterocycles. The minimum absolute atomic E-state index is 0.0885. The first-order chi connectivity index (χ1) is 17.7. The molecule has 2 aromatic carbocycles. The summed E-state index contributed by atoms with van der Waals surface area (Å²) >= 11 is 0. The van der Waals surface area contributed by atoms with E-state index in [-0.39, 0.29) is 28.1 Å². The Balaban J connectivity index is 1.52. The van der Waals surface area contributed by atoms with Gasteiger partial charge >= 0.3 is 6.18 Å². The highest BCUT2D eigenvalue weighted by atomic mass is 32.2. The van der Waals surface area contributed by atoms with Crippen LogP contribution in [0.1, 0.15) is 24.7 Å². The third kappa shape index (κ3) is 5.96. The highest BCUT2D eigenvalue weighted by Crippen LogP contribution is 2.35. The number of hydrogen-bond acceptors (Lipinski definition) is 5. The van der Waals surface area contributed by atoms with Crippen molar-refractivity contribution in [2.24, 2.45) is 0 Å². The molecule has 4 rings (SSSR count). The molecule has 2 atom stereocenters. The van der Waals surface area contributed by atoms with E-state index in [1.165, 1.54) is 6.07 Å². The first-order valence-corrected chi connectivity index (χ1v) is 12.5. The van der Waals surface area contributed by atoms with Crippen LogP contribution < -0.4 is 5.32 Å². The van der Waals surface area contributed by atoms with Crippen molar-refractivity contribution in [3.8, 4) is 11.1 Å². The monoisotopic (exact) mass is 558 g/mol. The zero-order valence-electron chi connectivity index (χ0n) is 19.6. The van der Waals surface area contributed by atoms with Crippen LogP contribution in [0.4, 0.5) is 26.3 Å². The van der Waals surface area contributed by atoms with Gasteiger partial charge in [-0.3, -0.25) is 4.79 Å². The minimum Gasteiger partial charge on any atom is -0.351 e. The number of amides is 1. The van der Waals surface area contributed by atoms with Gasteiger partial charge in [-0.25, -0.2) is 31.6 Å². The van der Waals surface area contributed by atoms with E-state index in [0.29, 0.717) is 4.31 Å². The molecule has 0 aliphatic carbocycles. The Morgan fingerprint density at radius 3 is 2.29 bits per heavy atom. The summed E-state index contributed by atoms with van der Waals surface area (Å²) in [7, 11) is -4.36. The van der Waals surface area contributed by atoms with E-state index >= 15 is 0 Å². The number of sulfonamides is 1. The number of nitrogens with zero attached hydrogens (tertiary/aromatic N) is 3. The van der Waals surface area contributed by atoms with Gasteiger partial charge in [-0.1, -0.05) is 0 Å². The second-order valence-corrected chi connectivity index (χ2v) is 10.9. The van der Waals surface area contributed by atoms with Crippen molar-refractivity contribution in [2.75, 3.05) is 6.54 Å². The quantitative estimate of drug-likeness (QED) is 0.457. The number of aromatic nitrogens is 2. The van der Waals surface area contributed by atoms with Crippen LogP contribution in [0.5, 0.6) is 0 Å². The van der Waals surface area contributed by atoms with Gasteiger partial charge in [0.05, 0.1) is 4.90 Å². The topological polar surface area (TPSA) is 92.3 Å². The van der Waals surface area contributed by atoms with Crippen molar-refractivity contribution >= 4 is 15.9 Å². The summed E-state index contributed by atoms with van der Waals surface area (Å²) in [6.45, 7) is 0.246. The zero-order valence-corrected chi connectivity index (χ0v) is 20.5. The van der Waals surface area contributed by atoms with Gasteiger partial charge in [0.25, 0.3) is 0 Å². The number of carbonyl (C=O) groups excluding carboxylic acids is 1. The molecular formula is C24H20F6N4O3S. The molecular weight excluding hydrogens is 538 g/mol. The molecule has 1 saturated heterocycles. The third-order valence-corrected chi connectivity index (χ3v) is 7.71. The predicted molar refractivity (Wildman–Crippen MR) is 122 cm³/mol. The molecule has 0 bridgehead atoms. The van der Waals surface area contributed by atoms with Gasteiger partial charge in [0.1, 0.15) is 23.3 Å². The first-order valence-electron chi connectivity index (χ1n) is 11.1. The fourth-order valence-corrected chi connectivity index (χ4v) is 5.77. The predicted octanol–water partition coefficient (Wildman–Crippen LogP) is 4.25. The normalized spacial score (nSPS) is 20.4. The molecule has 1 amide bonds. The molecule has 1 N–H and O–H groups in total. The van der Waals surface area contributed by atoms with Gasteiger partial charge in [0.2, 0.25) is 21.8 Å². The zero-order chi connectivity index (χ0) is 27.9. The summed E-state index contributed by atoms with van der Waals surface area (Å²) in [5.74, 6) is -3.64. The molecule has 1 aliphatic rings. The van der Waals surface area contributed by atoms with Crippen molar-refractivity contribution < 1.29 is 39.6 Å². The van der Waals surface area contributed by atoms with Gasteiger partial charge in [-0.2, -0.15) is 17.5 Å². The van der Waals surface area contributed by atoms with Crippen LogP contribution in [0.25, 0.3) is 11.1 Å². The van der Waals surface area contributed by atoms with Gasteiger partial charge < -0.3 is 5.32 Å².